The van der Waals surface area contributed by atoms with Gasteiger partial charge in [0.05, 0.1) is 6.54 Å². The van der Waals surface area contributed by atoms with E-state index in [1.807, 2.05) is 12.1 Å². The monoisotopic (exact) mass is 205 g/mol. The molecule has 0 bridgehead atoms. The van der Waals surface area contributed by atoms with Gasteiger partial charge in [-0.3, -0.25) is 0 Å². The molecule has 0 fully saturated rings. The number of nitrogens with zero attached hydrogens (tertiary/aromatic N) is 2. The van der Waals surface area contributed by atoms with E-state index >= 15 is 0 Å². The first-order valence-electron chi connectivity index (χ1n) is 4.41. The van der Waals surface area contributed by atoms with Crippen LogP contribution < -0.4 is 5.32 Å². The fourth-order valence-corrected chi connectivity index (χ4v) is 2.00. The van der Waals surface area contributed by atoms with Crippen molar-refractivity contribution in [2.45, 2.75) is 13.5 Å². The van der Waals surface area contributed by atoms with Gasteiger partial charge in [0.2, 0.25) is 0 Å². The Bertz CT molecular complexity index is 397. The van der Waals surface area contributed by atoms with Gasteiger partial charge in [-0.25, -0.2) is 0 Å². The Morgan fingerprint density at radius 3 is 3.00 bits per heavy atom. The zero-order valence-electron chi connectivity index (χ0n) is 7.90. The van der Waals surface area contributed by atoms with E-state index in [0.29, 0.717) is 0 Å². The molecule has 4 heteroatoms. The summed E-state index contributed by atoms with van der Waals surface area (Å²) in [6, 6.07) is 5.91. The van der Waals surface area contributed by atoms with Crippen LogP contribution in [0.2, 0.25) is 0 Å². The molecule has 0 radical (unpaired) electrons. The number of nitrogens with one attached hydrogen (secondary N) is 1. The lowest BCUT2D eigenvalue weighted by Gasteiger charge is -2.02. The van der Waals surface area contributed by atoms with Crippen molar-refractivity contribution in [3.05, 3.63) is 40.2 Å². The van der Waals surface area contributed by atoms with Crippen molar-refractivity contribution >= 4 is 17.2 Å². The SMILES string of the molecule is Cc1ccsc1CNc1cccnn1. The van der Waals surface area contributed by atoms with Gasteiger partial charge < -0.3 is 5.32 Å². The number of rotatable bonds is 3. The Morgan fingerprint density at radius 1 is 1.43 bits per heavy atom. The van der Waals surface area contributed by atoms with Crippen molar-refractivity contribution in [2.24, 2.45) is 0 Å². The quantitative estimate of drug-likeness (QED) is 0.836. The normalized spacial score (nSPS) is 10.1. The van der Waals surface area contributed by atoms with Crippen LogP contribution in [0.15, 0.2) is 29.8 Å². The van der Waals surface area contributed by atoms with Gasteiger partial charge in [-0.1, -0.05) is 0 Å². The largest absolute Gasteiger partial charge is 0.364 e. The molecule has 0 aliphatic rings. The third-order valence-electron chi connectivity index (χ3n) is 1.97. The molecule has 1 N–H and O–H groups in total. The Hall–Kier alpha value is -1.42. The molecule has 0 saturated carbocycles. The highest BCUT2D eigenvalue weighted by atomic mass is 32.1. The van der Waals surface area contributed by atoms with Crippen LogP contribution in [0.4, 0.5) is 5.82 Å². The molecule has 0 amide bonds. The van der Waals surface area contributed by atoms with E-state index in [1.165, 1.54) is 10.4 Å². The Balaban J connectivity index is 1.99. The number of aryl methyl sites for hydroxylation is 1. The number of aromatic nitrogens is 2. The van der Waals surface area contributed by atoms with Gasteiger partial charge >= 0.3 is 0 Å². The van der Waals surface area contributed by atoms with Crippen LogP contribution in [-0.4, -0.2) is 10.2 Å². The van der Waals surface area contributed by atoms with Crippen LogP contribution in [0.3, 0.4) is 0 Å². The second-order valence-electron chi connectivity index (χ2n) is 2.99. The van der Waals surface area contributed by atoms with Gasteiger partial charge in [-0.15, -0.1) is 16.4 Å². The number of anilines is 1. The summed E-state index contributed by atoms with van der Waals surface area (Å²) in [7, 11) is 0. The summed E-state index contributed by atoms with van der Waals surface area (Å²) in [4.78, 5) is 1.34. The molecule has 0 aliphatic heterocycles. The van der Waals surface area contributed by atoms with E-state index in [2.05, 4.69) is 33.9 Å². The van der Waals surface area contributed by atoms with Crippen LogP contribution in [0.1, 0.15) is 10.4 Å². The van der Waals surface area contributed by atoms with Gasteiger partial charge in [0, 0.05) is 11.1 Å². The Labute approximate surface area is 86.8 Å². The highest BCUT2D eigenvalue weighted by Crippen LogP contribution is 2.16. The first-order valence-corrected chi connectivity index (χ1v) is 5.29. The Morgan fingerprint density at radius 2 is 2.36 bits per heavy atom. The third-order valence-corrected chi connectivity index (χ3v) is 2.99. The van der Waals surface area contributed by atoms with E-state index in [9.17, 15) is 0 Å². The molecule has 2 aromatic rings. The minimum atomic E-state index is 0.820. The van der Waals surface area contributed by atoms with Gasteiger partial charge in [0.15, 0.2) is 0 Å². The summed E-state index contributed by atoms with van der Waals surface area (Å²) in [6.07, 6.45) is 1.67. The van der Waals surface area contributed by atoms with E-state index in [-0.39, 0.29) is 0 Å². The third kappa shape index (κ3) is 2.09. The van der Waals surface area contributed by atoms with Crippen LogP contribution in [0, 0.1) is 6.92 Å². The fourth-order valence-electron chi connectivity index (χ4n) is 1.15. The lowest BCUT2D eigenvalue weighted by molar-refractivity contribution is 1.00. The van der Waals surface area contributed by atoms with Crippen molar-refractivity contribution < 1.29 is 0 Å². The van der Waals surface area contributed by atoms with E-state index in [4.69, 9.17) is 0 Å². The highest BCUT2D eigenvalue weighted by molar-refractivity contribution is 7.10. The predicted octanol–water partition coefficient (Wildman–Crippen LogP) is 2.46. The zero-order valence-corrected chi connectivity index (χ0v) is 8.71. The fraction of sp³-hybridized carbons (Fsp3) is 0.200. The summed E-state index contributed by atoms with van der Waals surface area (Å²) in [5, 5.41) is 13.1. The molecule has 2 heterocycles. The van der Waals surface area contributed by atoms with Crippen LogP contribution in [-0.2, 0) is 6.54 Å². The highest BCUT2D eigenvalue weighted by Gasteiger charge is 1.99. The molecule has 2 aromatic heterocycles. The summed E-state index contributed by atoms with van der Waals surface area (Å²) >= 11 is 1.76. The van der Waals surface area contributed by atoms with Gasteiger partial charge in [0.25, 0.3) is 0 Å². The average Bonchev–Trinajstić information content (AvgIpc) is 2.63. The summed E-state index contributed by atoms with van der Waals surface area (Å²) < 4.78 is 0. The number of hydrogen-bond donors (Lipinski definition) is 1. The number of thiophene rings is 1. The molecule has 72 valence electrons. The lowest BCUT2D eigenvalue weighted by Crippen LogP contribution is -2.00. The molecule has 0 atom stereocenters. The van der Waals surface area contributed by atoms with Gasteiger partial charge in [-0.05, 0) is 36.1 Å². The predicted molar refractivity (Wildman–Crippen MR) is 58.4 cm³/mol. The maximum atomic E-state index is 3.95. The molecule has 0 aliphatic carbocycles. The van der Waals surface area contributed by atoms with Crippen molar-refractivity contribution in [1.29, 1.82) is 0 Å². The van der Waals surface area contributed by atoms with Crippen LogP contribution >= 0.6 is 11.3 Å². The summed E-state index contributed by atoms with van der Waals surface area (Å²) in [5.41, 5.74) is 1.33. The van der Waals surface area contributed by atoms with Gasteiger partial charge in [-0.2, -0.15) is 5.10 Å². The average molecular weight is 205 g/mol. The molecule has 3 nitrogen and oxygen atoms in total. The standard InChI is InChI=1S/C10H11N3S/c1-8-4-6-14-9(8)7-11-10-3-2-5-12-13-10/h2-6H,7H2,1H3,(H,11,13). The second-order valence-corrected chi connectivity index (χ2v) is 3.99. The first-order chi connectivity index (χ1) is 6.86. The topological polar surface area (TPSA) is 37.8 Å². The zero-order chi connectivity index (χ0) is 9.80. The first kappa shape index (κ1) is 9.15. The smallest absolute Gasteiger partial charge is 0.148 e. The molecule has 0 unspecified atom stereocenters. The molecular formula is C10H11N3S. The molecule has 0 spiro atoms. The maximum absolute atomic E-state index is 3.95. The number of hydrogen-bond acceptors (Lipinski definition) is 4. The van der Waals surface area contributed by atoms with Crippen molar-refractivity contribution in [3.8, 4) is 0 Å². The molecule has 2 rings (SSSR count). The molecular weight excluding hydrogens is 194 g/mol. The molecule has 0 aromatic carbocycles. The second kappa shape index (κ2) is 4.19. The lowest BCUT2D eigenvalue weighted by atomic mass is 10.3. The molecule has 0 saturated heterocycles. The van der Waals surface area contributed by atoms with Crippen molar-refractivity contribution in [2.75, 3.05) is 5.32 Å². The van der Waals surface area contributed by atoms with Crippen LogP contribution in [0.5, 0.6) is 0 Å². The van der Waals surface area contributed by atoms with E-state index in [0.717, 1.165) is 12.4 Å². The summed E-state index contributed by atoms with van der Waals surface area (Å²) in [5.74, 6) is 0.820. The Kier molecular flexibility index (Phi) is 2.74. The van der Waals surface area contributed by atoms with Crippen molar-refractivity contribution in [3.63, 3.8) is 0 Å². The van der Waals surface area contributed by atoms with Crippen molar-refractivity contribution in [1.82, 2.24) is 10.2 Å². The maximum Gasteiger partial charge on any atom is 0.148 e. The van der Waals surface area contributed by atoms with Gasteiger partial charge in [0.1, 0.15) is 5.82 Å². The summed E-state index contributed by atoms with van der Waals surface area (Å²) in [6.45, 7) is 2.94. The minimum Gasteiger partial charge on any atom is -0.364 e. The molecule has 14 heavy (non-hydrogen) atoms. The van der Waals surface area contributed by atoms with Crippen LogP contribution in [0.25, 0.3) is 0 Å². The van der Waals surface area contributed by atoms with E-state index < -0.39 is 0 Å². The minimum absolute atomic E-state index is 0.820. The van der Waals surface area contributed by atoms with E-state index in [1.54, 1.807) is 17.5 Å².